The average Bonchev–Trinajstić information content (AvgIpc) is 2.71. The first-order valence-corrected chi connectivity index (χ1v) is 7.81. The fraction of sp³-hybridized carbons (Fsp3) is 0.667. The highest BCUT2D eigenvalue weighted by molar-refractivity contribution is 5.61. The molecule has 0 amide bonds. The minimum absolute atomic E-state index is 0.0512. The van der Waals surface area contributed by atoms with E-state index in [-0.39, 0.29) is 5.82 Å². The molecule has 146 valence electrons. The van der Waals surface area contributed by atoms with Gasteiger partial charge in [-0.2, -0.15) is 13.8 Å². The number of nitrogens with two attached hydrogens (primary N) is 1. The lowest BCUT2D eigenvalue weighted by atomic mass is 10.1. The van der Waals surface area contributed by atoms with Crippen molar-refractivity contribution in [3.63, 3.8) is 0 Å². The number of aliphatic hydroxyl groups is 1. The summed E-state index contributed by atoms with van der Waals surface area (Å²) >= 11 is 0. The maximum absolute atomic E-state index is 14.7. The Morgan fingerprint density at radius 1 is 1.50 bits per heavy atom. The molecular formula is C15H21F2N3O6. The predicted octanol–water partition coefficient (Wildman–Crippen LogP) is 0.541. The second kappa shape index (κ2) is 7.16. The van der Waals surface area contributed by atoms with Gasteiger partial charge in [0.15, 0.2) is 6.10 Å². The molecule has 1 aromatic heterocycles. The molecule has 1 fully saturated rings. The molecule has 0 radical (unpaired) electrons. The normalized spacial score (nSPS) is 25.1. The molecule has 0 bridgehead atoms. The van der Waals surface area contributed by atoms with Crippen molar-refractivity contribution in [3.05, 3.63) is 22.7 Å². The Hall–Kier alpha value is -2.27. The molecule has 0 aliphatic carbocycles. The number of hydrogen-bond donors (Lipinski definition) is 2. The van der Waals surface area contributed by atoms with Crippen LogP contribution in [0.4, 0.5) is 19.4 Å². The number of nitrogen functional groups attached to an aromatic ring is 1. The Morgan fingerprint density at radius 2 is 2.15 bits per heavy atom. The summed E-state index contributed by atoms with van der Waals surface area (Å²) in [6, 6.07) is 1.27. The van der Waals surface area contributed by atoms with Crippen molar-refractivity contribution in [2.24, 2.45) is 0 Å². The number of hydrogen-bond acceptors (Lipinski definition) is 8. The van der Waals surface area contributed by atoms with Crippen LogP contribution in [0.25, 0.3) is 0 Å². The number of nitrogens with zero attached hydrogens (tertiary/aromatic N) is 2. The molecule has 1 aliphatic rings. The average molecular weight is 377 g/mol. The van der Waals surface area contributed by atoms with Crippen LogP contribution in [-0.4, -0.2) is 57.3 Å². The number of anilines is 1. The van der Waals surface area contributed by atoms with Gasteiger partial charge in [0, 0.05) is 6.20 Å². The summed E-state index contributed by atoms with van der Waals surface area (Å²) in [6.45, 7) is 3.26. The summed E-state index contributed by atoms with van der Waals surface area (Å²) in [5, 5.41) is 9.30. The van der Waals surface area contributed by atoms with Gasteiger partial charge in [-0.3, -0.25) is 4.57 Å². The molecule has 3 atom stereocenters. The number of aromatic nitrogens is 2. The zero-order valence-electron chi connectivity index (χ0n) is 14.5. The summed E-state index contributed by atoms with van der Waals surface area (Å²) in [7, 11) is 0. The largest absolute Gasteiger partial charge is 0.509 e. The standard InChI is InChI=1S/C15H21F2N3O6/c1-14(2,3)26-13(23)25-11-8(7-21)24-9(15(11,16)17)6-20-5-4-10(18)19-12(20)22/h4-5,8-9,11,21H,6-7H2,1-3H3,(H2,18,19,22)/t8-,9+,11-/m1/s1. The van der Waals surface area contributed by atoms with Gasteiger partial charge in [-0.25, -0.2) is 9.59 Å². The van der Waals surface area contributed by atoms with Crippen LogP contribution in [-0.2, 0) is 20.8 Å². The summed E-state index contributed by atoms with van der Waals surface area (Å²) in [5.74, 6) is -3.73. The quantitative estimate of drug-likeness (QED) is 0.728. The van der Waals surface area contributed by atoms with Crippen LogP contribution < -0.4 is 11.4 Å². The van der Waals surface area contributed by atoms with Gasteiger partial charge in [-0.1, -0.05) is 0 Å². The second-order valence-corrected chi connectivity index (χ2v) is 6.81. The van der Waals surface area contributed by atoms with E-state index >= 15 is 0 Å². The number of carbonyl (C=O) groups is 1. The van der Waals surface area contributed by atoms with Gasteiger partial charge in [-0.05, 0) is 26.8 Å². The van der Waals surface area contributed by atoms with Crippen molar-refractivity contribution in [1.29, 1.82) is 0 Å². The highest BCUT2D eigenvalue weighted by atomic mass is 19.3. The molecule has 1 saturated heterocycles. The first kappa shape index (κ1) is 20.0. The third kappa shape index (κ3) is 4.47. The third-order valence-corrected chi connectivity index (χ3v) is 3.54. The zero-order chi connectivity index (χ0) is 19.7. The fourth-order valence-electron chi connectivity index (χ4n) is 2.40. The van der Waals surface area contributed by atoms with E-state index in [0.717, 1.165) is 4.57 Å². The molecule has 11 heteroatoms. The van der Waals surface area contributed by atoms with E-state index in [0.29, 0.717) is 0 Å². The Bertz CT molecular complexity index is 718. The molecule has 0 unspecified atom stereocenters. The van der Waals surface area contributed by atoms with Gasteiger partial charge in [0.1, 0.15) is 23.6 Å². The first-order valence-electron chi connectivity index (χ1n) is 7.81. The van der Waals surface area contributed by atoms with Crippen molar-refractivity contribution in [2.75, 3.05) is 12.3 Å². The number of halogens is 2. The van der Waals surface area contributed by atoms with Crippen molar-refractivity contribution >= 4 is 12.0 Å². The topological polar surface area (TPSA) is 126 Å². The Kier molecular flexibility index (Phi) is 5.52. The lowest BCUT2D eigenvalue weighted by Gasteiger charge is -2.25. The lowest BCUT2D eigenvalue weighted by molar-refractivity contribution is -0.132. The molecule has 26 heavy (non-hydrogen) atoms. The minimum atomic E-state index is -3.68. The first-order chi connectivity index (χ1) is 11.9. The van der Waals surface area contributed by atoms with Crippen LogP contribution in [0, 0.1) is 0 Å². The Labute approximate surface area is 147 Å². The lowest BCUT2D eigenvalue weighted by Crippen LogP contribution is -2.46. The van der Waals surface area contributed by atoms with Crippen LogP contribution in [0.3, 0.4) is 0 Å². The van der Waals surface area contributed by atoms with Gasteiger partial charge in [0.2, 0.25) is 0 Å². The van der Waals surface area contributed by atoms with E-state index < -0.39 is 54.8 Å². The molecule has 1 aliphatic heterocycles. The van der Waals surface area contributed by atoms with Crippen molar-refractivity contribution < 1.29 is 32.9 Å². The van der Waals surface area contributed by atoms with E-state index in [1.165, 1.54) is 12.3 Å². The maximum atomic E-state index is 14.7. The number of rotatable bonds is 4. The monoisotopic (exact) mass is 377 g/mol. The van der Waals surface area contributed by atoms with Crippen molar-refractivity contribution in [2.45, 2.75) is 57.2 Å². The van der Waals surface area contributed by atoms with Crippen LogP contribution in [0.2, 0.25) is 0 Å². The SMILES string of the molecule is CC(C)(C)OC(=O)O[C@@H]1[C@@H](CO)O[C@@H](Cn2ccc(N)nc2=O)C1(F)F. The highest BCUT2D eigenvalue weighted by Gasteiger charge is 2.61. The van der Waals surface area contributed by atoms with E-state index in [9.17, 15) is 23.5 Å². The van der Waals surface area contributed by atoms with Crippen LogP contribution in [0.5, 0.6) is 0 Å². The van der Waals surface area contributed by atoms with E-state index in [1.807, 2.05) is 0 Å². The molecule has 0 saturated carbocycles. The van der Waals surface area contributed by atoms with Gasteiger partial charge in [0.25, 0.3) is 0 Å². The molecule has 3 N–H and O–H groups in total. The van der Waals surface area contributed by atoms with Gasteiger partial charge in [-0.15, -0.1) is 0 Å². The van der Waals surface area contributed by atoms with Crippen molar-refractivity contribution in [1.82, 2.24) is 9.55 Å². The Balaban J connectivity index is 2.18. The minimum Gasteiger partial charge on any atom is -0.429 e. The number of alkyl halides is 2. The van der Waals surface area contributed by atoms with E-state index in [2.05, 4.69) is 4.98 Å². The van der Waals surface area contributed by atoms with E-state index in [1.54, 1.807) is 20.8 Å². The fourth-order valence-corrected chi connectivity index (χ4v) is 2.40. The summed E-state index contributed by atoms with van der Waals surface area (Å²) in [6.07, 6.45) is -5.48. The van der Waals surface area contributed by atoms with Gasteiger partial charge >= 0.3 is 17.8 Å². The van der Waals surface area contributed by atoms with Gasteiger partial charge < -0.3 is 25.1 Å². The number of ether oxygens (including phenoxy) is 3. The molecule has 2 rings (SSSR count). The Morgan fingerprint density at radius 3 is 2.69 bits per heavy atom. The van der Waals surface area contributed by atoms with Gasteiger partial charge in [0.05, 0.1) is 13.2 Å². The van der Waals surface area contributed by atoms with Crippen LogP contribution in [0.15, 0.2) is 17.1 Å². The molecule has 0 spiro atoms. The smallest absolute Gasteiger partial charge is 0.429 e. The summed E-state index contributed by atoms with van der Waals surface area (Å²) in [5.41, 5.74) is 3.58. The van der Waals surface area contributed by atoms with E-state index in [4.69, 9.17) is 19.9 Å². The second-order valence-electron chi connectivity index (χ2n) is 6.81. The maximum Gasteiger partial charge on any atom is 0.509 e. The highest BCUT2D eigenvalue weighted by Crippen LogP contribution is 2.39. The molecule has 0 aromatic carbocycles. The van der Waals surface area contributed by atoms with Crippen molar-refractivity contribution in [3.8, 4) is 0 Å². The van der Waals surface area contributed by atoms with Crippen LogP contribution >= 0.6 is 0 Å². The molecule has 9 nitrogen and oxygen atoms in total. The molecule has 1 aromatic rings. The number of carbonyl (C=O) groups excluding carboxylic acids is 1. The number of aliphatic hydroxyl groups excluding tert-OH is 1. The predicted molar refractivity (Wildman–Crippen MR) is 84.7 cm³/mol. The zero-order valence-corrected chi connectivity index (χ0v) is 14.5. The molecular weight excluding hydrogens is 356 g/mol. The summed E-state index contributed by atoms with van der Waals surface area (Å²) < 4.78 is 44.9. The third-order valence-electron chi connectivity index (χ3n) is 3.54. The molecule has 2 heterocycles. The van der Waals surface area contributed by atoms with Crippen LogP contribution in [0.1, 0.15) is 20.8 Å². The summed E-state index contributed by atoms with van der Waals surface area (Å²) in [4.78, 5) is 26.9.